The summed E-state index contributed by atoms with van der Waals surface area (Å²) in [6.07, 6.45) is 2.77. The molecule has 0 aliphatic rings. The molecule has 2 aromatic rings. The first-order valence-corrected chi connectivity index (χ1v) is 6.49. The molecule has 0 saturated heterocycles. The first-order chi connectivity index (χ1) is 11.1. The number of pyridine rings is 1. The van der Waals surface area contributed by atoms with E-state index in [2.05, 4.69) is 10.3 Å². The Balaban J connectivity index is 1.79. The van der Waals surface area contributed by atoms with Crippen LogP contribution >= 0.6 is 0 Å². The van der Waals surface area contributed by atoms with Crippen LogP contribution < -0.4 is 10.6 Å². The molecule has 0 bridgehead atoms. The number of ether oxygens (including phenoxy) is 1. The number of amides is 3. The van der Waals surface area contributed by atoms with Gasteiger partial charge in [0.2, 0.25) is 0 Å². The minimum atomic E-state index is -0.933. The van der Waals surface area contributed by atoms with Crippen LogP contribution in [-0.4, -0.2) is 29.5 Å². The Labute approximate surface area is 130 Å². The van der Waals surface area contributed by atoms with Gasteiger partial charge in [-0.1, -0.05) is 12.1 Å². The molecule has 1 aromatic carbocycles. The molecular formula is C15H12FN3O4. The molecule has 8 heteroatoms. The third-order valence-electron chi connectivity index (χ3n) is 2.61. The zero-order valence-electron chi connectivity index (χ0n) is 11.8. The van der Waals surface area contributed by atoms with Gasteiger partial charge in [-0.15, -0.1) is 0 Å². The lowest BCUT2D eigenvalue weighted by molar-refractivity contribution is -0.123. The summed E-state index contributed by atoms with van der Waals surface area (Å²) in [6.45, 7) is -0.654. The van der Waals surface area contributed by atoms with Gasteiger partial charge in [0.1, 0.15) is 5.82 Å². The van der Waals surface area contributed by atoms with Crippen molar-refractivity contribution >= 4 is 23.6 Å². The Morgan fingerprint density at radius 1 is 1.13 bits per heavy atom. The summed E-state index contributed by atoms with van der Waals surface area (Å²) in [4.78, 5) is 38.3. The van der Waals surface area contributed by atoms with Crippen LogP contribution in [0.5, 0.6) is 0 Å². The zero-order valence-corrected chi connectivity index (χ0v) is 11.8. The number of aromatic nitrogens is 1. The third kappa shape index (κ3) is 4.88. The fourth-order valence-electron chi connectivity index (χ4n) is 1.58. The number of urea groups is 1. The van der Waals surface area contributed by atoms with Gasteiger partial charge < -0.3 is 10.1 Å². The quantitative estimate of drug-likeness (QED) is 0.837. The Kier molecular flexibility index (Phi) is 5.35. The van der Waals surface area contributed by atoms with Gasteiger partial charge in [-0.25, -0.2) is 14.0 Å². The van der Waals surface area contributed by atoms with Crippen molar-refractivity contribution in [2.75, 3.05) is 11.9 Å². The molecule has 0 spiro atoms. The molecule has 0 atom stereocenters. The number of hydrogen-bond acceptors (Lipinski definition) is 5. The largest absolute Gasteiger partial charge is 0.452 e. The lowest BCUT2D eigenvalue weighted by Gasteiger charge is -2.08. The Hall–Kier alpha value is -3.29. The molecule has 7 nitrogen and oxygen atoms in total. The molecule has 1 aromatic heterocycles. The predicted octanol–water partition coefficient (Wildman–Crippen LogP) is 1.73. The Bertz CT molecular complexity index is 722. The second-order valence-corrected chi connectivity index (χ2v) is 4.30. The van der Waals surface area contributed by atoms with Crippen molar-refractivity contribution in [3.05, 3.63) is 60.2 Å². The number of para-hydroxylation sites is 1. The highest BCUT2D eigenvalue weighted by atomic mass is 19.1. The second-order valence-electron chi connectivity index (χ2n) is 4.30. The summed E-state index contributed by atoms with van der Waals surface area (Å²) in [5.41, 5.74) is 0.0984. The molecule has 2 rings (SSSR count). The SMILES string of the molecule is O=C(COC(=O)c1cccnc1)NC(=O)Nc1ccccc1F. The van der Waals surface area contributed by atoms with Gasteiger partial charge >= 0.3 is 12.0 Å². The first-order valence-electron chi connectivity index (χ1n) is 6.49. The first kappa shape index (κ1) is 16.1. The molecule has 0 fully saturated rings. The molecule has 2 N–H and O–H groups in total. The molecule has 0 aliphatic heterocycles. The highest BCUT2D eigenvalue weighted by Crippen LogP contribution is 2.11. The number of hydrogen-bond donors (Lipinski definition) is 2. The highest BCUT2D eigenvalue weighted by molar-refractivity contribution is 6.02. The number of nitrogens with one attached hydrogen (secondary N) is 2. The van der Waals surface area contributed by atoms with Crippen LogP contribution in [-0.2, 0) is 9.53 Å². The number of benzene rings is 1. The maximum atomic E-state index is 13.3. The van der Waals surface area contributed by atoms with E-state index in [0.717, 1.165) is 6.07 Å². The maximum absolute atomic E-state index is 13.3. The highest BCUT2D eigenvalue weighted by Gasteiger charge is 2.13. The van der Waals surface area contributed by atoms with E-state index >= 15 is 0 Å². The minimum absolute atomic E-state index is 0.0786. The summed E-state index contributed by atoms with van der Waals surface area (Å²) in [7, 11) is 0. The molecule has 0 saturated carbocycles. The average Bonchev–Trinajstić information content (AvgIpc) is 2.55. The van der Waals surface area contributed by atoms with Crippen LogP contribution in [0.3, 0.4) is 0 Å². The number of nitrogens with zero attached hydrogens (tertiary/aromatic N) is 1. The summed E-state index contributed by atoms with van der Waals surface area (Å²) in [5.74, 6) is -2.24. The number of halogens is 1. The molecule has 0 aliphatic carbocycles. The third-order valence-corrected chi connectivity index (χ3v) is 2.61. The molecular weight excluding hydrogens is 305 g/mol. The van der Waals surface area contributed by atoms with Crippen molar-refractivity contribution in [3.8, 4) is 0 Å². The van der Waals surface area contributed by atoms with E-state index in [1.165, 1.54) is 36.7 Å². The van der Waals surface area contributed by atoms with Gasteiger partial charge in [0.05, 0.1) is 11.3 Å². The van der Waals surface area contributed by atoms with Crippen molar-refractivity contribution in [1.82, 2.24) is 10.3 Å². The predicted molar refractivity (Wildman–Crippen MR) is 78.1 cm³/mol. The Morgan fingerprint density at radius 3 is 2.61 bits per heavy atom. The topological polar surface area (TPSA) is 97.4 Å². The summed E-state index contributed by atoms with van der Waals surface area (Å²) < 4.78 is 18.0. The lowest BCUT2D eigenvalue weighted by atomic mass is 10.3. The van der Waals surface area contributed by atoms with Crippen LogP contribution in [0, 0.1) is 5.82 Å². The second kappa shape index (κ2) is 7.64. The summed E-state index contributed by atoms with van der Waals surface area (Å²) in [6, 6.07) is 7.56. The number of anilines is 1. The van der Waals surface area contributed by atoms with E-state index in [4.69, 9.17) is 4.74 Å². The van der Waals surface area contributed by atoms with Crippen molar-refractivity contribution in [3.63, 3.8) is 0 Å². The number of imide groups is 1. The van der Waals surface area contributed by atoms with Crippen LogP contribution in [0.1, 0.15) is 10.4 Å². The van der Waals surface area contributed by atoms with Crippen LogP contribution in [0.4, 0.5) is 14.9 Å². The van der Waals surface area contributed by atoms with Gasteiger partial charge in [0, 0.05) is 12.4 Å². The van der Waals surface area contributed by atoms with Crippen molar-refractivity contribution in [2.24, 2.45) is 0 Å². The van der Waals surface area contributed by atoms with Crippen molar-refractivity contribution in [2.45, 2.75) is 0 Å². The van der Waals surface area contributed by atoms with Gasteiger partial charge in [-0.05, 0) is 24.3 Å². The molecule has 0 radical (unpaired) electrons. The number of rotatable bonds is 4. The summed E-state index contributed by atoms with van der Waals surface area (Å²) in [5, 5.41) is 4.08. The molecule has 0 unspecified atom stereocenters. The maximum Gasteiger partial charge on any atom is 0.340 e. The van der Waals surface area contributed by atoms with Crippen molar-refractivity contribution in [1.29, 1.82) is 0 Å². The molecule has 3 amide bonds. The molecule has 118 valence electrons. The standard InChI is InChI=1S/C15H12FN3O4/c16-11-5-1-2-6-12(11)18-15(22)19-13(20)9-23-14(21)10-4-3-7-17-8-10/h1-8H,9H2,(H2,18,19,20,22). The molecule has 23 heavy (non-hydrogen) atoms. The zero-order chi connectivity index (χ0) is 16.7. The van der Waals surface area contributed by atoms with Gasteiger partial charge in [0.15, 0.2) is 6.61 Å². The lowest BCUT2D eigenvalue weighted by Crippen LogP contribution is -2.37. The fourth-order valence-corrected chi connectivity index (χ4v) is 1.58. The van der Waals surface area contributed by atoms with Crippen LogP contribution in [0.2, 0.25) is 0 Å². The van der Waals surface area contributed by atoms with Crippen LogP contribution in [0.25, 0.3) is 0 Å². The molecule has 1 heterocycles. The number of carbonyl (C=O) groups is 3. The van der Waals surface area contributed by atoms with E-state index < -0.39 is 30.3 Å². The average molecular weight is 317 g/mol. The Morgan fingerprint density at radius 2 is 1.91 bits per heavy atom. The number of esters is 1. The van der Waals surface area contributed by atoms with E-state index in [0.29, 0.717) is 0 Å². The van der Waals surface area contributed by atoms with Gasteiger partial charge in [-0.2, -0.15) is 0 Å². The normalized spacial score (nSPS) is 9.78. The van der Waals surface area contributed by atoms with E-state index in [9.17, 15) is 18.8 Å². The van der Waals surface area contributed by atoms with E-state index in [1.807, 2.05) is 5.32 Å². The smallest absolute Gasteiger partial charge is 0.340 e. The van der Waals surface area contributed by atoms with E-state index in [1.54, 1.807) is 6.07 Å². The van der Waals surface area contributed by atoms with Crippen molar-refractivity contribution < 1.29 is 23.5 Å². The minimum Gasteiger partial charge on any atom is -0.452 e. The van der Waals surface area contributed by atoms with Crippen LogP contribution in [0.15, 0.2) is 48.8 Å². The fraction of sp³-hybridized carbons (Fsp3) is 0.0667. The monoisotopic (exact) mass is 317 g/mol. The van der Waals surface area contributed by atoms with Gasteiger partial charge in [-0.3, -0.25) is 15.1 Å². The number of carbonyl (C=O) groups excluding carboxylic acids is 3. The van der Waals surface area contributed by atoms with Gasteiger partial charge in [0.25, 0.3) is 5.91 Å². The van der Waals surface area contributed by atoms with E-state index in [-0.39, 0.29) is 11.3 Å². The summed E-state index contributed by atoms with van der Waals surface area (Å²) >= 11 is 0.